The van der Waals surface area contributed by atoms with Crippen LogP contribution in [0.3, 0.4) is 0 Å². The van der Waals surface area contributed by atoms with E-state index in [4.69, 9.17) is 19.1 Å². The van der Waals surface area contributed by atoms with E-state index >= 15 is 0 Å². The van der Waals surface area contributed by atoms with Gasteiger partial charge >= 0.3 is 19.8 Å². The molecule has 178 valence electrons. The molecule has 1 unspecified atom stereocenters. The molecule has 0 radical (unpaired) electrons. The summed E-state index contributed by atoms with van der Waals surface area (Å²) in [7, 11) is -4.56. The average molecular weight is 456 g/mol. The molecule has 0 aromatic carbocycles. The first-order valence-electron chi connectivity index (χ1n) is 10.5. The normalized spacial score (nSPS) is 15.2. The molecule has 3 atom stereocenters. The molecule has 30 heavy (non-hydrogen) atoms. The summed E-state index contributed by atoms with van der Waals surface area (Å²) in [6.07, 6.45) is 4.09. The predicted molar refractivity (Wildman–Crippen MR) is 109 cm³/mol. The van der Waals surface area contributed by atoms with Gasteiger partial charge in [-0.3, -0.25) is 18.6 Å². The summed E-state index contributed by atoms with van der Waals surface area (Å²) in [6.45, 7) is 1.95. The Morgan fingerprint density at radius 3 is 2.07 bits per heavy atom. The van der Waals surface area contributed by atoms with Crippen LogP contribution in [0.4, 0.5) is 0 Å². The highest BCUT2D eigenvalue weighted by molar-refractivity contribution is 7.47. The second-order valence-corrected chi connectivity index (χ2v) is 8.41. The summed E-state index contributed by atoms with van der Waals surface area (Å²) < 4.78 is 31.5. The van der Waals surface area contributed by atoms with Crippen molar-refractivity contribution in [1.29, 1.82) is 0 Å². The van der Waals surface area contributed by atoms with Crippen LogP contribution < -0.4 is 0 Å². The van der Waals surface area contributed by atoms with Crippen LogP contribution in [0.1, 0.15) is 71.6 Å². The van der Waals surface area contributed by atoms with E-state index in [0.29, 0.717) is 12.8 Å². The maximum atomic E-state index is 12.0. The highest BCUT2D eigenvalue weighted by atomic mass is 31.2. The van der Waals surface area contributed by atoms with Gasteiger partial charge in [-0.15, -0.1) is 0 Å². The van der Waals surface area contributed by atoms with Crippen molar-refractivity contribution in [1.82, 2.24) is 0 Å². The van der Waals surface area contributed by atoms with Gasteiger partial charge in [-0.25, -0.2) is 4.57 Å². The summed E-state index contributed by atoms with van der Waals surface area (Å²) in [5.41, 5.74) is 0. The first-order valence-corrected chi connectivity index (χ1v) is 12.0. The third kappa shape index (κ3) is 16.7. The number of hydrogen-bond acceptors (Lipinski definition) is 9. The average Bonchev–Trinajstić information content (AvgIpc) is 2.71. The standard InChI is InChI=1S/C19H37O10P/c1-3-5-7-9-10-18(22)26-14-17(29-19(23)11-8-6-4-2)15-28-30(24,25)27-13-16(21)12-20/h16-17,20-21H,3-15H2,1-2H3,(H,24,25)/t16-,17+/m0/s1. The molecule has 0 aliphatic rings. The Bertz CT molecular complexity index is 514. The predicted octanol–water partition coefficient (Wildman–Crippen LogP) is 2.48. The second kappa shape index (κ2) is 17.6. The maximum absolute atomic E-state index is 12.0. The molecule has 0 bridgehead atoms. The quantitative estimate of drug-likeness (QED) is 0.150. The van der Waals surface area contributed by atoms with Gasteiger partial charge in [-0.1, -0.05) is 46.0 Å². The van der Waals surface area contributed by atoms with Gasteiger partial charge < -0.3 is 24.6 Å². The molecule has 11 heteroatoms. The van der Waals surface area contributed by atoms with Crippen LogP contribution in [0.15, 0.2) is 0 Å². The molecule has 0 aromatic heterocycles. The van der Waals surface area contributed by atoms with Gasteiger partial charge in [-0.2, -0.15) is 0 Å². The van der Waals surface area contributed by atoms with Gasteiger partial charge in [0, 0.05) is 12.8 Å². The number of esters is 2. The molecule has 0 aliphatic carbocycles. The topological polar surface area (TPSA) is 149 Å². The maximum Gasteiger partial charge on any atom is 0.472 e. The van der Waals surface area contributed by atoms with Crippen molar-refractivity contribution < 1.29 is 47.8 Å². The van der Waals surface area contributed by atoms with E-state index in [1.54, 1.807) is 0 Å². The molecule has 0 heterocycles. The van der Waals surface area contributed by atoms with Gasteiger partial charge in [0.1, 0.15) is 12.7 Å². The van der Waals surface area contributed by atoms with Crippen molar-refractivity contribution in [2.24, 2.45) is 0 Å². The smallest absolute Gasteiger partial charge is 0.462 e. The molecule has 10 nitrogen and oxygen atoms in total. The fraction of sp³-hybridized carbons (Fsp3) is 0.895. The summed E-state index contributed by atoms with van der Waals surface area (Å²) in [6, 6.07) is 0. The Labute approximate surface area is 178 Å². The summed E-state index contributed by atoms with van der Waals surface area (Å²) in [5, 5.41) is 17.9. The van der Waals surface area contributed by atoms with Gasteiger partial charge in [0.05, 0.1) is 19.8 Å². The van der Waals surface area contributed by atoms with Crippen molar-refractivity contribution in [2.75, 3.05) is 26.4 Å². The number of carbonyl (C=O) groups excluding carboxylic acids is 2. The molecule has 0 aromatic rings. The van der Waals surface area contributed by atoms with E-state index in [-0.39, 0.29) is 19.4 Å². The van der Waals surface area contributed by atoms with Crippen molar-refractivity contribution in [3.8, 4) is 0 Å². The van der Waals surface area contributed by atoms with Crippen molar-refractivity contribution in [3.05, 3.63) is 0 Å². The van der Waals surface area contributed by atoms with Crippen LogP contribution in [0.25, 0.3) is 0 Å². The number of ether oxygens (including phenoxy) is 2. The highest BCUT2D eigenvalue weighted by Gasteiger charge is 2.27. The molecule has 3 N–H and O–H groups in total. The minimum atomic E-state index is -4.56. The van der Waals surface area contributed by atoms with Crippen LogP contribution in [-0.4, -0.2) is 65.7 Å². The number of phosphoric ester groups is 1. The third-order valence-corrected chi connectivity index (χ3v) is 4.96. The van der Waals surface area contributed by atoms with E-state index in [0.717, 1.165) is 32.1 Å². The Morgan fingerprint density at radius 2 is 1.43 bits per heavy atom. The van der Waals surface area contributed by atoms with Crippen LogP contribution in [-0.2, 0) is 32.7 Å². The van der Waals surface area contributed by atoms with E-state index in [1.165, 1.54) is 0 Å². The number of carbonyl (C=O) groups is 2. The number of hydrogen-bond donors (Lipinski definition) is 3. The van der Waals surface area contributed by atoms with E-state index in [9.17, 15) is 24.2 Å². The molecular formula is C19H37O10P. The molecule has 0 amide bonds. The van der Waals surface area contributed by atoms with Gasteiger partial charge in [0.2, 0.25) is 0 Å². The lowest BCUT2D eigenvalue weighted by atomic mass is 10.2. The molecule has 0 spiro atoms. The minimum absolute atomic E-state index is 0.172. The number of aliphatic hydroxyl groups excluding tert-OH is 2. The Kier molecular flexibility index (Phi) is 17.0. The number of aliphatic hydroxyl groups is 2. The fourth-order valence-corrected chi connectivity index (χ4v) is 3.07. The monoisotopic (exact) mass is 456 g/mol. The molecule has 0 aliphatic heterocycles. The number of rotatable bonds is 19. The van der Waals surface area contributed by atoms with Crippen molar-refractivity contribution in [3.63, 3.8) is 0 Å². The van der Waals surface area contributed by atoms with Gasteiger partial charge in [-0.05, 0) is 12.8 Å². The molecule has 0 fully saturated rings. The largest absolute Gasteiger partial charge is 0.472 e. The zero-order valence-electron chi connectivity index (χ0n) is 18.0. The van der Waals surface area contributed by atoms with E-state index < -0.39 is 51.8 Å². The zero-order valence-corrected chi connectivity index (χ0v) is 18.9. The van der Waals surface area contributed by atoms with Crippen LogP contribution in [0.5, 0.6) is 0 Å². The first kappa shape index (κ1) is 29.0. The summed E-state index contributed by atoms with van der Waals surface area (Å²) in [5.74, 6) is -0.979. The lowest BCUT2D eigenvalue weighted by Gasteiger charge is -2.20. The summed E-state index contributed by atoms with van der Waals surface area (Å²) in [4.78, 5) is 33.4. The Balaban J connectivity index is 4.60. The fourth-order valence-electron chi connectivity index (χ4n) is 2.28. The highest BCUT2D eigenvalue weighted by Crippen LogP contribution is 2.43. The third-order valence-electron chi connectivity index (χ3n) is 4.01. The van der Waals surface area contributed by atoms with Crippen LogP contribution in [0.2, 0.25) is 0 Å². The Hall–Kier alpha value is -1.03. The lowest BCUT2D eigenvalue weighted by molar-refractivity contribution is -0.161. The molecular weight excluding hydrogens is 419 g/mol. The van der Waals surface area contributed by atoms with Crippen molar-refractivity contribution >= 4 is 19.8 Å². The zero-order chi connectivity index (χ0) is 22.8. The number of unbranched alkanes of at least 4 members (excludes halogenated alkanes) is 5. The number of phosphoric acid groups is 1. The van der Waals surface area contributed by atoms with E-state index in [2.05, 4.69) is 11.4 Å². The summed E-state index contributed by atoms with van der Waals surface area (Å²) >= 11 is 0. The van der Waals surface area contributed by atoms with Crippen molar-refractivity contribution in [2.45, 2.75) is 83.8 Å². The van der Waals surface area contributed by atoms with E-state index in [1.807, 2.05) is 6.92 Å². The molecule has 0 saturated heterocycles. The first-order chi connectivity index (χ1) is 14.2. The Morgan fingerprint density at radius 1 is 0.867 bits per heavy atom. The second-order valence-electron chi connectivity index (χ2n) is 6.96. The van der Waals surface area contributed by atoms with Crippen LogP contribution >= 0.6 is 7.82 Å². The SMILES string of the molecule is CCCCCCC(=O)OC[C@H](COP(=O)(O)OC[C@@H](O)CO)OC(=O)CCCCC. The minimum Gasteiger partial charge on any atom is -0.462 e. The lowest BCUT2D eigenvalue weighted by Crippen LogP contribution is -2.29. The van der Waals surface area contributed by atoms with Gasteiger partial charge in [0.25, 0.3) is 0 Å². The molecule has 0 saturated carbocycles. The van der Waals surface area contributed by atoms with Crippen LogP contribution in [0, 0.1) is 0 Å². The van der Waals surface area contributed by atoms with Gasteiger partial charge in [0.15, 0.2) is 6.10 Å². The molecule has 0 rings (SSSR count).